The van der Waals surface area contributed by atoms with Crippen LogP contribution < -0.4 is 0 Å². The molecule has 132 valence electrons. The molecule has 3 rings (SSSR count). The SMILES string of the molecule is CC(=O)c1c(C)nn(CCC(=O)N2C[C@H]3COC[C@@]3(CO)C2)c1C. The quantitative estimate of drug-likeness (QED) is 0.795. The van der Waals surface area contributed by atoms with Crippen molar-refractivity contribution in [3.63, 3.8) is 0 Å². The molecule has 0 bridgehead atoms. The Hall–Kier alpha value is -1.73. The number of amides is 1. The Kier molecular flexibility index (Phi) is 4.48. The number of hydrogen-bond acceptors (Lipinski definition) is 5. The molecule has 1 amide bonds. The largest absolute Gasteiger partial charge is 0.396 e. The minimum Gasteiger partial charge on any atom is -0.396 e. The molecule has 24 heavy (non-hydrogen) atoms. The van der Waals surface area contributed by atoms with Gasteiger partial charge in [-0.25, -0.2) is 0 Å². The Bertz CT molecular complexity index is 669. The highest BCUT2D eigenvalue weighted by Gasteiger charge is 2.51. The molecule has 1 aromatic rings. The third kappa shape index (κ3) is 2.75. The molecule has 2 atom stereocenters. The molecule has 1 N–H and O–H groups in total. The summed E-state index contributed by atoms with van der Waals surface area (Å²) in [4.78, 5) is 26.0. The number of rotatable bonds is 5. The number of likely N-dealkylation sites (tertiary alicyclic amines) is 1. The van der Waals surface area contributed by atoms with Gasteiger partial charge in [0.1, 0.15) is 0 Å². The van der Waals surface area contributed by atoms with Crippen molar-refractivity contribution in [2.45, 2.75) is 33.7 Å². The first-order valence-electron chi connectivity index (χ1n) is 8.39. The van der Waals surface area contributed by atoms with Gasteiger partial charge >= 0.3 is 0 Å². The third-order valence-electron chi connectivity index (χ3n) is 5.46. The standard InChI is InChI=1S/C17H25N3O4/c1-11-16(13(3)22)12(2)20(18-11)5-4-15(23)19-6-14-7-24-10-17(14,8-19)9-21/h14,21H,4-10H2,1-3H3/t14-,17-/m0/s1. The lowest BCUT2D eigenvalue weighted by molar-refractivity contribution is -0.131. The van der Waals surface area contributed by atoms with E-state index >= 15 is 0 Å². The van der Waals surface area contributed by atoms with E-state index in [2.05, 4.69) is 5.10 Å². The monoisotopic (exact) mass is 335 g/mol. The van der Waals surface area contributed by atoms with Crippen LogP contribution in [0, 0.1) is 25.2 Å². The molecule has 2 aliphatic rings. The van der Waals surface area contributed by atoms with E-state index in [-0.39, 0.29) is 29.6 Å². The van der Waals surface area contributed by atoms with Crippen LogP contribution in [0.4, 0.5) is 0 Å². The van der Waals surface area contributed by atoms with Crippen LogP contribution in [-0.4, -0.2) is 64.4 Å². The maximum atomic E-state index is 12.5. The molecule has 7 heteroatoms. The van der Waals surface area contributed by atoms with E-state index in [4.69, 9.17) is 4.74 Å². The van der Waals surface area contributed by atoms with Gasteiger partial charge in [-0.1, -0.05) is 0 Å². The summed E-state index contributed by atoms with van der Waals surface area (Å²) in [5, 5.41) is 14.1. The number of carbonyl (C=O) groups is 2. The number of ether oxygens (including phenoxy) is 1. The number of aliphatic hydroxyl groups is 1. The summed E-state index contributed by atoms with van der Waals surface area (Å²) in [6.45, 7) is 8.07. The van der Waals surface area contributed by atoms with Crippen molar-refractivity contribution in [3.8, 4) is 0 Å². The normalized spacial score (nSPS) is 26.0. The molecular formula is C17H25N3O4. The van der Waals surface area contributed by atoms with Crippen LogP contribution in [-0.2, 0) is 16.1 Å². The van der Waals surface area contributed by atoms with Crippen LogP contribution in [0.15, 0.2) is 0 Å². The number of aromatic nitrogens is 2. The zero-order valence-electron chi connectivity index (χ0n) is 14.5. The molecule has 0 saturated carbocycles. The molecule has 2 saturated heterocycles. The number of hydrogen-bond donors (Lipinski definition) is 1. The molecule has 2 fully saturated rings. The molecule has 0 radical (unpaired) electrons. The first-order valence-corrected chi connectivity index (χ1v) is 8.39. The molecule has 3 heterocycles. The van der Waals surface area contributed by atoms with E-state index in [1.807, 2.05) is 18.7 Å². The number of aryl methyl sites for hydroxylation is 2. The van der Waals surface area contributed by atoms with E-state index in [1.165, 1.54) is 6.92 Å². The predicted octanol–water partition coefficient (Wildman–Crippen LogP) is 0.560. The van der Waals surface area contributed by atoms with Crippen LogP contribution in [0.2, 0.25) is 0 Å². The summed E-state index contributed by atoms with van der Waals surface area (Å²) in [6.07, 6.45) is 0.342. The summed E-state index contributed by atoms with van der Waals surface area (Å²) >= 11 is 0. The van der Waals surface area contributed by atoms with E-state index in [9.17, 15) is 14.7 Å². The van der Waals surface area contributed by atoms with Crippen LogP contribution in [0.1, 0.15) is 35.1 Å². The van der Waals surface area contributed by atoms with Gasteiger partial charge in [0.2, 0.25) is 5.91 Å². The molecule has 0 aliphatic carbocycles. The van der Waals surface area contributed by atoms with Crippen LogP contribution in [0.25, 0.3) is 0 Å². The molecule has 0 aromatic carbocycles. The summed E-state index contributed by atoms with van der Waals surface area (Å²) in [7, 11) is 0. The maximum Gasteiger partial charge on any atom is 0.224 e. The summed E-state index contributed by atoms with van der Waals surface area (Å²) in [5.74, 6) is 0.290. The van der Waals surface area contributed by atoms with E-state index in [0.717, 1.165) is 5.69 Å². The highest BCUT2D eigenvalue weighted by Crippen LogP contribution is 2.40. The van der Waals surface area contributed by atoms with Crippen LogP contribution >= 0.6 is 0 Å². The zero-order chi connectivity index (χ0) is 17.5. The highest BCUT2D eigenvalue weighted by molar-refractivity contribution is 5.96. The molecule has 0 unspecified atom stereocenters. The van der Waals surface area contributed by atoms with Gasteiger partial charge in [-0.15, -0.1) is 0 Å². The Balaban J connectivity index is 1.63. The van der Waals surface area contributed by atoms with Crippen molar-refractivity contribution < 1.29 is 19.4 Å². The Morgan fingerprint density at radius 1 is 1.42 bits per heavy atom. The van der Waals surface area contributed by atoms with Gasteiger partial charge in [-0.05, 0) is 20.8 Å². The fraction of sp³-hybridized carbons (Fsp3) is 0.706. The van der Waals surface area contributed by atoms with E-state index < -0.39 is 0 Å². The van der Waals surface area contributed by atoms with Gasteiger partial charge in [-0.3, -0.25) is 14.3 Å². The minimum atomic E-state index is -0.282. The zero-order valence-corrected chi connectivity index (χ0v) is 14.5. The van der Waals surface area contributed by atoms with E-state index in [0.29, 0.717) is 50.5 Å². The topological polar surface area (TPSA) is 84.7 Å². The maximum absolute atomic E-state index is 12.5. The van der Waals surface area contributed by atoms with Gasteiger partial charge in [0.15, 0.2) is 5.78 Å². The third-order valence-corrected chi connectivity index (χ3v) is 5.46. The lowest BCUT2D eigenvalue weighted by atomic mass is 9.82. The number of Topliss-reactive ketones (excluding diaryl/α,β-unsaturated/α-hetero) is 1. The number of nitrogens with zero attached hydrogens (tertiary/aromatic N) is 3. The van der Waals surface area contributed by atoms with Gasteiger partial charge in [0, 0.05) is 43.1 Å². The van der Waals surface area contributed by atoms with Crippen LogP contribution in [0.3, 0.4) is 0 Å². The molecule has 0 spiro atoms. The Morgan fingerprint density at radius 3 is 2.75 bits per heavy atom. The van der Waals surface area contributed by atoms with E-state index in [1.54, 1.807) is 4.68 Å². The lowest BCUT2D eigenvalue weighted by Gasteiger charge is -2.24. The summed E-state index contributed by atoms with van der Waals surface area (Å²) < 4.78 is 7.22. The van der Waals surface area contributed by atoms with Gasteiger partial charge < -0.3 is 14.7 Å². The van der Waals surface area contributed by atoms with Crippen molar-refractivity contribution >= 4 is 11.7 Å². The van der Waals surface area contributed by atoms with Crippen LogP contribution in [0.5, 0.6) is 0 Å². The molecule has 2 aliphatic heterocycles. The van der Waals surface area contributed by atoms with Gasteiger partial charge in [-0.2, -0.15) is 5.10 Å². The summed E-state index contributed by atoms with van der Waals surface area (Å²) in [5.41, 5.74) is 1.88. The van der Waals surface area contributed by atoms with Crippen molar-refractivity contribution in [1.29, 1.82) is 0 Å². The van der Waals surface area contributed by atoms with Gasteiger partial charge in [0.05, 0.1) is 31.1 Å². The average Bonchev–Trinajstić information content (AvgIpc) is 3.15. The Labute approximate surface area is 141 Å². The molecular weight excluding hydrogens is 310 g/mol. The second kappa shape index (κ2) is 6.29. The van der Waals surface area contributed by atoms with Crippen molar-refractivity contribution in [3.05, 3.63) is 17.0 Å². The first-order chi connectivity index (χ1) is 11.4. The smallest absolute Gasteiger partial charge is 0.224 e. The average molecular weight is 335 g/mol. The number of carbonyl (C=O) groups excluding carboxylic acids is 2. The van der Waals surface area contributed by atoms with Gasteiger partial charge in [0.25, 0.3) is 0 Å². The molecule has 1 aromatic heterocycles. The summed E-state index contributed by atoms with van der Waals surface area (Å²) in [6, 6.07) is 0. The first kappa shape index (κ1) is 17.1. The fourth-order valence-corrected chi connectivity index (χ4v) is 4.03. The van der Waals surface area contributed by atoms with Crippen molar-refractivity contribution in [2.24, 2.45) is 11.3 Å². The molecule has 7 nitrogen and oxygen atoms in total. The number of ketones is 1. The number of aliphatic hydroxyl groups excluding tert-OH is 1. The Morgan fingerprint density at radius 2 is 2.17 bits per heavy atom. The predicted molar refractivity (Wildman–Crippen MR) is 86.7 cm³/mol. The second-order valence-electron chi connectivity index (χ2n) is 7.08. The van der Waals surface area contributed by atoms with Crippen molar-refractivity contribution in [2.75, 3.05) is 32.9 Å². The minimum absolute atomic E-state index is 0.000155. The number of fused-ring (bicyclic) bond motifs is 1. The lowest BCUT2D eigenvalue weighted by Crippen LogP contribution is -2.36. The highest BCUT2D eigenvalue weighted by atomic mass is 16.5. The second-order valence-corrected chi connectivity index (χ2v) is 7.08. The fourth-order valence-electron chi connectivity index (χ4n) is 4.03. The van der Waals surface area contributed by atoms with Crippen molar-refractivity contribution in [1.82, 2.24) is 14.7 Å².